The molecular weight excluding hydrogens is 288 g/mol. The minimum absolute atomic E-state index is 0.639. The average molecular weight is 311 g/mol. The normalized spacial score (nSPS) is 29.4. The lowest BCUT2D eigenvalue weighted by Gasteiger charge is -2.42. The summed E-state index contributed by atoms with van der Waals surface area (Å²) in [5.41, 5.74) is 1.40. The van der Waals surface area contributed by atoms with Gasteiger partial charge in [-0.05, 0) is 44.0 Å². The summed E-state index contributed by atoms with van der Waals surface area (Å²) in [5, 5.41) is 3.44. The first kappa shape index (κ1) is 14.0. The number of rotatable bonds is 3. The van der Waals surface area contributed by atoms with Crippen LogP contribution in [0.15, 0.2) is 28.7 Å². The molecule has 100 valence electrons. The first-order valence-corrected chi connectivity index (χ1v) is 7.57. The van der Waals surface area contributed by atoms with Crippen molar-refractivity contribution in [3.63, 3.8) is 0 Å². The maximum absolute atomic E-state index is 3.49. The van der Waals surface area contributed by atoms with Crippen LogP contribution in [-0.4, -0.2) is 30.6 Å². The Balaban J connectivity index is 2.00. The van der Waals surface area contributed by atoms with Crippen LogP contribution in [0.4, 0.5) is 0 Å². The van der Waals surface area contributed by atoms with Crippen molar-refractivity contribution < 1.29 is 0 Å². The predicted molar refractivity (Wildman–Crippen MR) is 80.6 cm³/mol. The van der Waals surface area contributed by atoms with Crippen molar-refractivity contribution in [2.45, 2.75) is 38.9 Å². The Labute approximate surface area is 119 Å². The number of nitrogens with one attached hydrogen (secondary N) is 1. The molecule has 1 heterocycles. The lowest BCUT2D eigenvalue weighted by molar-refractivity contribution is 0.0811. The molecule has 1 fully saturated rings. The van der Waals surface area contributed by atoms with Crippen molar-refractivity contribution in [3.05, 3.63) is 34.3 Å². The van der Waals surface area contributed by atoms with Gasteiger partial charge in [-0.15, -0.1) is 0 Å². The molecule has 1 N–H and O–H groups in total. The third kappa shape index (κ3) is 3.14. The van der Waals surface area contributed by atoms with Gasteiger partial charge < -0.3 is 5.32 Å². The van der Waals surface area contributed by atoms with E-state index in [1.54, 1.807) is 0 Å². The third-order valence-corrected chi connectivity index (χ3v) is 4.90. The second-order valence-electron chi connectivity index (χ2n) is 5.38. The summed E-state index contributed by atoms with van der Waals surface area (Å²) >= 11 is 3.49. The summed E-state index contributed by atoms with van der Waals surface area (Å²) in [6.45, 7) is 6.97. The molecule has 1 saturated heterocycles. The predicted octanol–water partition coefficient (Wildman–Crippen LogP) is 3.27. The molecule has 3 unspecified atom stereocenters. The Bertz CT molecular complexity index is 377. The Morgan fingerprint density at radius 3 is 2.56 bits per heavy atom. The molecule has 2 rings (SSSR count). The lowest BCUT2D eigenvalue weighted by Crippen LogP contribution is -2.52. The number of nitrogens with zero attached hydrogens (tertiary/aromatic N) is 1. The highest BCUT2D eigenvalue weighted by Gasteiger charge is 2.31. The minimum atomic E-state index is 0.639. The van der Waals surface area contributed by atoms with E-state index in [-0.39, 0.29) is 0 Å². The summed E-state index contributed by atoms with van der Waals surface area (Å²) in [6.07, 6.45) is 1.25. The SMILES string of the molecule is CNC1CCN(Cc2ccc(Br)cc2)C(C)C1C. The van der Waals surface area contributed by atoms with E-state index in [1.807, 2.05) is 0 Å². The number of benzene rings is 1. The number of likely N-dealkylation sites (tertiary alicyclic amines) is 1. The molecule has 1 aliphatic rings. The van der Waals surface area contributed by atoms with Crippen molar-refractivity contribution in [2.75, 3.05) is 13.6 Å². The van der Waals surface area contributed by atoms with Gasteiger partial charge >= 0.3 is 0 Å². The summed E-state index contributed by atoms with van der Waals surface area (Å²) < 4.78 is 1.15. The first-order chi connectivity index (χ1) is 8.61. The summed E-state index contributed by atoms with van der Waals surface area (Å²) in [7, 11) is 2.08. The molecule has 1 aliphatic heterocycles. The molecule has 0 aliphatic carbocycles. The maximum atomic E-state index is 3.49. The van der Waals surface area contributed by atoms with E-state index in [9.17, 15) is 0 Å². The summed E-state index contributed by atoms with van der Waals surface area (Å²) in [6, 6.07) is 9.99. The number of halogens is 1. The average Bonchev–Trinajstić information content (AvgIpc) is 2.38. The van der Waals surface area contributed by atoms with Gasteiger partial charge in [-0.25, -0.2) is 0 Å². The molecule has 0 saturated carbocycles. The molecule has 0 aromatic heterocycles. The summed E-state index contributed by atoms with van der Waals surface area (Å²) in [4.78, 5) is 2.60. The Kier molecular flexibility index (Phi) is 4.82. The van der Waals surface area contributed by atoms with E-state index in [2.05, 4.69) is 71.3 Å². The van der Waals surface area contributed by atoms with Gasteiger partial charge in [-0.3, -0.25) is 4.90 Å². The van der Waals surface area contributed by atoms with Gasteiger partial charge in [0.05, 0.1) is 0 Å². The molecule has 1 aromatic carbocycles. The Morgan fingerprint density at radius 1 is 1.28 bits per heavy atom. The smallest absolute Gasteiger partial charge is 0.0236 e. The molecule has 3 atom stereocenters. The molecule has 3 heteroatoms. The van der Waals surface area contributed by atoms with Crippen LogP contribution in [0.3, 0.4) is 0 Å². The van der Waals surface area contributed by atoms with E-state index in [0.29, 0.717) is 18.0 Å². The van der Waals surface area contributed by atoms with Crippen LogP contribution < -0.4 is 5.32 Å². The number of hydrogen-bond donors (Lipinski definition) is 1. The van der Waals surface area contributed by atoms with Crippen molar-refractivity contribution in [1.29, 1.82) is 0 Å². The molecule has 0 spiro atoms. The van der Waals surface area contributed by atoms with Crippen LogP contribution >= 0.6 is 15.9 Å². The van der Waals surface area contributed by atoms with Crippen molar-refractivity contribution in [3.8, 4) is 0 Å². The molecule has 2 nitrogen and oxygen atoms in total. The second-order valence-corrected chi connectivity index (χ2v) is 6.30. The van der Waals surface area contributed by atoms with Crippen LogP contribution in [0.25, 0.3) is 0 Å². The largest absolute Gasteiger partial charge is 0.317 e. The zero-order valence-corrected chi connectivity index (χ0v) is 13.1. The molecule has 0 amide bonds. The molecule has 0 bridgehead atoms. The monoisotopic (exact) mass is 310 g/mol. The fourth-order valence-electron chi connectivity index (χ4n) is 2.89. The third-order valence-electron chi connectivity index (χ3n) is 4.37. The van der Waals surface area contributed by atoms with Crippen molar-refractivity contribution in [2.24, 2.45) is 5.92 Å². The fourth-order valence-corrected chi connectivity index (χ4v) is 3.16. The quantitative estimate of drug-likeness (QED) is 0.922. The van der Waals surface area contributed by atoms with E-state index in [0.717, 1.165) is 11.0 Å². The molecule has 1 aromatic rings. The zero-order valence-electron chi connectivity index (χ0n) is 11.5. The van der Waals surface area contributed by atoms with E-state index in [1.165, 1.54) is 18.5 Å². The van der Waals surface area contributed by atoms with Gasteiger partial charge in [0.1, 0.15) is 0 Å². The van der Waals surface area contributed by atoms with Crippen LogP contribution in [0.5, 0.6) is 0 Å². The Hall–Kier alpha value is -0.380. The lowest BCUT2D eigenvalue weighted by atomic mass is 9.87. The minimum Gasteiger partial charge on any atom is -0.317 e. The van der Waals surface area contributed by atoms with E-state index in [4.69, 9.17) is 0 Å². The van der Waals surface area contributed by atoms with Crippen LogP contribution in [0.1, 0.15) is 25.8 Å². The summed E-state index contributed by atoms with van der Waals surface area (Å²) in [5.74, 6) is 0.708. The molecule has 18 heavy (non-hydrogen) atoms. The first-order valence-electron chi connectivity index (χ1n) is 6.77. The van der Waals surface area contributed by atoms with Gasteiger partial charge in [0, 0.05) is 29.6 Å². The topological polar surface area (TPSA) is 15.3 Å². The van der Waals surface area contributed by atoms with Crippen LogP contribution in [-0.2, 0) is 6.54 Å². The van der Waals surface area contributed by atoms with Crippen molar-refractivity contribution >= 4 is 15.9 Å². The van der Waals surface area contributed by atoms with Gasteiger partial charge in [0.15, 0.2) is 0 Å². The highest BCUT2D eigenvalue weighted by atomic mass is 79.9. The molecular formula is C15H23BrN2. The van der Waals surface area contributed by atoms with Crippen LogP contribution in [0.2, 0.25) is 0 Å². The molecule has 0 radical (unpaired) electrons. The van der Waals surface area contributed by atoms with Gasteiger partial charge in [0.25, 0.3) is 0 Å². The second kappa shape index (κ2) is 6.18. The standard InChI is InChI=1S/C15H23BrN2/c1-11-12(2)18(9-8-15(11)17-3)10-13-4-6-14(16)7-5-13/h4-7,11-12,15,17H,8-10H2,1-3H3. The van der Waals surface area contributed by atoms with Gasteiger partial charge in [0.2, 0.25) is 0 Å². The van der Waals surface area contributed by atoms with E-state index >= 15 is 0 Å². The van der Waals surface area contributed by atoms with Gasteiger partial charge in [-0.2, -0.15) is 0 Å². The number of piperidine rings is 1. The maximum Gasteiger partial charge on any atom is 0.0236 e. The van der Waals surface area contributed by atoms with Crippen molar-refractivity contribution in [1.82, 2.24) is 10.2 Å². The highest BCUT2D eigenvalue weighted by molar-refractivity contribution is 9.10. The number of hydrogen-bond acceptors (Lipinski definition) is 2. The zero-order chi connectivity index (χ0) is 13.1. The van der Waals surface area contributed by atoms with E-state index < -0.39 is 0 Å². The fraction of sp³-hybridized carbons (Fsp3) is 0.600. The van der Waals surface area contributed by atoms with Crippen LogP contribution in [0, 0.1) is 5.92 Å². The van der Waals surface area contributed by atoms with Gasteiger partial charge in [-0.1, -0.05) is 35.0 Å². The highest BCUT2D eigenvalue weighted by Crippen LogP contribution is 2.25. The Morgan fingerprint density at radius 2 is 1.94 bits per heavy atom.